The number of aryl methyl sites for hydroxylation is 2. The Balaban J connectivity index is 1.21. The maximum atomic E-state index is 13.1. The summed E-state index contributed by atoms with van der Waals surface area (Å²) in [5.74, 6) is 0.363. The molecule has 0 unspecified atom stereocenters. The molecule has 3 heterocycles. The molecular formula is C24H32N4O2. The van der Waals surface area contributed by atoms with Crippen molar-refractivity contribution in [1.82, 2.24) is 19.7 Å². The van der Waals surface area contributed by atoms with Gasteiger partial charge >= 0.3 is 0 Å². The van der Waals surface area contributed by atoms with Crippen LogP contribution in [-0.4, -0.2) is 77.3 Å². The number of nitrogens with zero attached hydrogens (tertiary/aromatic N) is 3. The largest absolute Gasteiger partial charge is 0.358 e. The number of carbonyl (C=O) groups is 2. The Hall–Kier alpha value is -2.34. The second-order valence-electron chi connectivity index (χ2n) is 9.06. The molecule has 2 aliphatic heterocycles. The van der Waals surface area contributed by atoms with Crippen LogP contribution in [0.3, 0.4) is 0 Å². The zero-order valence-corrected chi connectivity index (χ0v) is 17.8. The summed E-state index contributed by atoms with van der Waals surface area (Å²) in [6.07, 6.45) is 8.20. The van der Waals surface area contributed by atoms with Crippen LogP contribution in [0.1, 0.15) is 53.7 Å². The summed E-state index contributed by atoms with van der Waals surface area (Å²) in [5.41, 5.74) is 4.70. The zero-order chi connectivity index (χ0) is 20.5. The van der Waals surface area contributed by atoms with Crippen molar-refractivity contribution in [2.45, 2.75) is 44.9 Å². The van der Waals surface area contributed by atoms with E-state index in [0.717, 1.165) is 62.9 Å². The monoisotopic (exact) mass is 408 g/mol. The second-order valence-corrected chi connectivity index (χ2v) is 9.06. The van der Waals surface area contributed by atoms with Gasteiger partial charge in [-0.25, -0.2) is 0 Å². The van der Waals surface area contributed by atoms with Gasteiger partial charge in [0, 0.05) is 61.4 Å². The van der Waals surface area contributed by atoms with E-state index in [1.54, 1.807) is 0 Å². The van der Waals surface area contributed by atoms with Crippen LogP contribution in [0, 0.1) is 0 Å². The molecule has 6 heteroatoms. The number of piperidine rings is 1. The third kappa shape index (κ3) is 3.85. The standard InChI is InChI=1S/C24H32N4O2/c29-23(27-10-4-1-5-11-27)17-26-12-14-28(15-13-26)24(30)18-8-9-22-20(16-18)19-6-2-3-7-21(19)25-22/h8-9,16,25H,1-7,10-15,17H2. The van der Waals surface area contributed by atoms with Gasteiger partial charge in [0.1, 0.15) is 0 Å². The fourth-order valence-electron chi connectivity index (χ4n) is 5.27. The number of hydrogen-bond acceptors (Lipinski definition) is 3. The molecule has 0 bridgehead atoms. The van der Waals surface area contributed by atoms with E-state index in [9.17, 15) is 9.59 Å². The molecule has 2 aromatic rings. The number of rotatable bonds is 3. The Labute approximate surface area is 178 Å². The first-order chi connectivity index (χ1) is 14.7. The Morgan fingerprint density at radius 2 is 1.60 bits per heavy atom. The van der Waals surface area contributed by atoms with Crippen LogP contribution in [0.25, 0.3) is 10.9 Å². The highest BCUT2D eigenvalue weighted by atomic mass is 16.2. The molecule has 1 aromatic carbocycles. The third-order valence-electron chi connectivity index (χ3n) is 7.07. The van der Waals surface area contributed by atoms with E-state index in [1.807, 2.05) is 15.9 Å². The van der Waals surface area contributed by atoms with Crippen molar-refractivity contribution in [3.05, 3.63) is 35.0 Å². The van der Waals surface area contributed by atoms with Crippen LogP contribution in [0.15, 0.2) is 18.2 Å². The number of aromatic nitrogens is 1. The van der Waals surface area contributed by atoms with Crippen LogP contribution in [0.5, 0.6) is 0 Å². The number of nitrogens with one attached hydrogen (secondary N) is 1. The van der Waals surface area contributed by atoms with Gasteiger partial charge in [-0.2, -0.15) is 0 Å². The fraction of sp³-hybridized carbons (Fsp3) is 0.583. The quantitative estimate of drug-likeness (QED) is 0.850. The average Bonchev–Trinajstić information content (AvgIpc) is 3.17. The number of fused-ring (bicyclic) bond motifs is 3. The molecule has 1 N–H and O–H groups in total. The molecule has 2 fully saturated rings. The van der Waals surface area contributed by atoms with E-state index in [4.69, 9.17) is 0 Å². The van der Waals surface area contributed by atoms with E-state index in [0.29, 0.717) is 19.6 Å². The summed E-state index contributed by atoms with van der Waals surface area (Å²) in [7, 11) is 0. The second kappa shape index (κ2) is 8.42. The summed E-state index contributed by atoms with van der Waals surface area (Å²) in [6.45, 7) is 5.22. The van der Waals surface area contributed by atoms with Gasteiger partial charge in [0.15, 0.2) is 0 Å². The van der Waals surface area contributed by atoms with Gasteiger partial charge in [0.25, 0.3) is 5.91 Å². The van der Waals surface area contributed by atoms with E-state index in [-0.39, 0.29) is 11.8 Å². The molecule has 30 heavy (non-hydrogen) atoms. The highest BCUT2D eigenvalue weighted by Gasteiger charge is 2.26. The first-order valence-corrected chi connectivity index (χ1v) is 11.6. The van der Waals surface area contributed by atoms with E-state index in [2.05, 4.69) is 22.0 Å². The molecule has 1 aliphatic carbocycles. The number of benzene rings is 1. The van der Waals surface area contributed by atoms with Crippen molar-refractivity contribution in [3.8, 4) is 0 Å². The average molecular weight is 409 g/mol. The summed E-state index contributed by atoms with van der Waals surface area (Å²) in [4.78, 5) is 35.4. The summed E-state index contributed by atoms with van der Waals surface area (Å²) < 4.78 is 0. The van der Waals surface area contributed by atoms with E-state index in [1.165, 1.54) is 35.9 Å². The van der Waals surface area contributed by atoms with Gasteiger partial charge in [0.2, 0.25) is 5.91 Å². The molecule has 2 amide bonds. The molecule has 0 spiro atoms. The first-order valence-electron chi connectivity index (χ1n) is 11.6. The Kier molecular flexibility index (Phi) is 5.50. The van der Waals surface area contributed by atoms with Crippen molar-refractivity contribution in [1.29, 1.82) is 0 Å². The predicted molar refractivity (Wildman–Crippen MR) is 118 cm³/mol. The number of hydrogen-bond donors (Lipinski definition) is 1. The number of H-pyrrole nitrogens is 1. The number of aromatic amines is 1. The van der Waals surface area contributed by atoms with Crippen LogP contribution < -0.4 is 0 Å². The van der Waals surface area contributed by atoms with Crippen LogP contribution in [0.2, 0.25) is 0 Å². The van der Waals surface area contributed by atoms with Crippen molar-refractivity contribution in [3.63, 3.8) is 0 Å². The molecule has 160 valence electrons. The Morgan fingerprint density at radius 1 is 0.833 bits per heavy atom. The van der Waals surface area contributed by atoms with Gasteiger partial charge in [0.05, 0.1) is 6.54 Å². The highest BCUT2D eigenvalue weighted by Crippen LogP contribution is 2.30. The maximum absolute atomic E-state index is 13.1. The molecule has 0 saturated carbocycles. The number of amides is 2. The summed E-state index contributed by atoms with van der Waals surface area (Å²) in [6, 6.07) is 6.11. The molecule has 1 aromatic heterocycles. The Morgan fingerprint density at radius 3 is 2.40 bits per heavy atom. The Bertz CT molecular complexity index is 936. The number of piperazine rings is 1. The normalized spacial score (nSPS) is 20.4. The van der Waals surface area contributed by atoms with E-state index < -0.39 is 0 Å². The smallest absolute Gasteiger partial charge is 0.253 e. The molecule has 0 radical (unpaired) electrons. The lowest BCUT2D eigenvalue weighted by Crippen LogP contribution is -2.52. The predicted octanol–water partition coefficient (Wildman–Crippen LogP) is 2.82. The van der Waals surface area contributed by atoms with Gasteiger partial charge in [-0.05, 0) is 68.7 Å². The van der Waals surface area contributed by atoms with Crippen molar-refractivity contribution in [2.75, 3.05) is 45.8 Å². The molecule has 2 saturated heterocycles. The lowest BCUT2D eigenvalue weighted by atomic mass is 9.95. The van der Waals surface area contributed by atoms with Crippen molar-refractivity contribution >= 4 is 22.7 Å². The lowest BCUT2D eigenvalue weighted by Gasteiger charge is -2.36. The maximum Gasteiger partial charge on any atom is 0.253 e. The molecule has 5 rings (SSSR count). The molecule has 0 atom stereocenters. The highest BCUT2D eigenvalue weighted by molar-refractivity contribution is 5.99. The van der Waals surface area contributed by atoms with Crippen LogP contribution in [-0.2, 0) is 17.6 Å². The first kappa shape index (κ1) is 19.6. The van der Waals surface area contributed by atoms with Crippen LogP contribution in [0.4, 0.5) is 0 Å². The van der Waals surface area contributed by atoms with Crippen molar-refractivity contribution in [2.24, 2.45) is 0 Å². The van der Waals surface area contributed by atoms with Gasteiger partial charge in [-0.15, -0.1) is 0 Å². The zero-order valence-electron chi connectivity index (χ0n) is 17.8. The number of carbonyl (C=O) groups excluding carboxylic acids is 2. The third-order valence-corrected chi connectivity index (χ3v) is 7.07. The molecule has 6 nitrogen and oxygen atoms in total. The summed E-state index contributed by atoms with van der Waals surface area (Å²) in [5, 5.41) is 1.22. The molecular weight excluding hydrogens is 376 g/mol. The number of likely N-dealkylation sites (tertiary alicyclic amines) is 1. The topological polar surface area (TPSA) is 59.7 Å². The molecule has 3 aliphatic rings. The van der Waals surface area contributed by atoms with E-state index >= 15 is 0 Å². The van der Waals surface area contributed by atoms with Gasteiger partial charge in [-0.1, -0.05) is 0 Å². The summed E-state index contributed by atoms with van der Waals surface area (Å²) >= 11 is 0. The minimum Gasteiger partial charge on any atom is -0.358 e. The van der Waals surface area contributed by atoms with Crippen LogP contribution >= 0.6 is 0 Å². The van der Waals surface area contributed by atoms with Gasteiger partial charge in [-0.3, -0.25) is 14.5 Å². The van der Waals surface area contributed by atoms with Crippen molar-refractivity contribution < 1.29 is 9.59 Å². The lowest BCUT2D eigenvalue weighted by molar-refractivity contribution is -0.133. The SMILES string of the molecule is O=C(CN1CCN(C(=O)c2ccc3[nH]c4c(c3c2)CCCC4)CC1)N1CCCCC1. The van der Waals surface area contributed by atoms with Gasteiger partial charge < -0.3 is 14.8 Å². The fourth-order valence-corrected chi connectivity index (χ4v) is 5.27. The minimum atomic E-state index is 0.115. The minimum absolute atomic E-state index is 0.115.